The lowest BCUT2D eigenvalue weighted by atomic mass is 9.86. The molecule has 1 aliphatic rings. The Hall–Kier alpha value is -2.45. The van der Waals surface area contributed by atoms with Crippen molar-refractivity contribution in [1.82, 2.24) is 5.32 Å². The Morgan fingerprint density at radius 1 is 1.25 bits per heavy atom. The van der Waals surface area contributed by atoms with Crippen LogP contribution in [0.4, 0.5) is 5.69 Å². The molecular formula is C23H29ClN2O5S. The van der Waals surface area contributed by atoms with E-state index in [1.165, 1.54) is 4.31 Å². The van der Waals surface area contributed by atoms with Gasteiger partial charge in [0.1, 0.15) is 18.1 Å². The van der Waals surface area contributed by atoms with Crippen molar-refractivity contribution in [2.24, 2.45) is 0 Å². The zero-order valence-electron chi connectivity index (χ0n) is 18.9. The standard InChI is InChI=1S/C23H29ClN2O5S/c1-15-6-8-17(13-18(15)24)30-11-10-25-22(27)21-14-26(32(5,28)29)19-12-16(23(2,3)4)7-9-20(19)31-21/h6-9,12-13,21H,10-11,14H2,1-5H3,(H,25,27)/t21-/m1/s1. The Morgan fingerprint density at radius 3 is 2.59 bits per heavy atom. The van der Waals surface area contributed by atoms with Crippen LogP contribution < -0.4 is 19.1 Å². The van der Waals surface area contributed by atoms with Gasteiger partial charge in [-0.3, -0.25) is 9.10 Å². The van der Waals surface area contributed by atoms with E-state index in [0.717, 1.165) is 17.4 Å². The first-order chi connectivity index (χ1) is 14.9. The fourth-order valence-electron chi connectivity index (χ4n) is 3.29. The maximum Gasteiger partial charge on any atom is 0.263 e. The van der Waals surface area contributed by atoms with Gasteiger partial charge in [-0.1, -0.05) is 44.5 Å². The summed E-state index contributed by atoms with van der Waals surface area (Å²) in [5, 5.41) is 3.35. The lowest BCUT2D eigenvalue weighted by Gasteiger charge is -2.35. The van der Waals surface area contributed by atoms with E-state index in [9.17, 15) is 13.2 Å². The summed E-state index contributed by atoms with van der Waals surface area (Å²) < 4.78 is 37.6. The summed E-state index contributed by atoms with van der Waals surface area (Å²) in [5.74, 6) is 0.561. The zero-order valence-corrected chi connectivity index (χ0v) is 20.5. The summed E-state index contributed by atoms with van der Waals surface area (Å²) in [6.45, 7) is 8.42. The number of aryl methyl sites for hydroxylation is 1. The minimum Gasteiger partial charge on any atom is -0.492 e. The van der Waals surface area contributed by atoms with Gasteiger partial charge in [0.15, 0.2) is 6.10 Å². The fraction of sp³-hybridized carbons (Fsp3) is 0.435. The molecule has 0 aromatic heterocycles. The molecule has 3 rings (SSSR count). The highest BCUT2D eigenvalue weighted by Gasteiger charge is 2.35. The second kappa shape index (κ2) is 9.19. The van der Waals surface area contributed by atoms with Gasteiger partial charge in [0.25, 0.3) is 5.91 Å². The predicted octanol–water partition coefficient (Wildman–Crippen LogP) is 3.67. The molecule has 1 heterocycles. The smallest absolute Gasteiger partial charge is 0.263 e. The quantitative estimate of drug-likeness (QED) is 0.637. The third-order valence-electron chi connectivity index (χ3n) is 5.20. The molecule has 7 nitrogen and oxygen atoms in total. The third-order valence-corrected chi connectivity index (χ3v) is 6.75. The van der Waals surface area contributed by atoms with Crippen LogP contribution in [-0.4, -0.2) is 46.4 Å². The van der Waals surface area contributed by atoms with Crippen LogP contribution >= 0.6 is 11.6 Å². The van der Waals surface area contributed by atoms with Gasteiger partial charge in [-0.2, -0.15) is 0 Å². The number of carbonyl (C=O) groups is 1. The maximum atomic E-state index is 12.7. The van der Waals surface area contributed by atoms with Crippen molar-refractivity contribution in [2.45, 2.75) is 39.2 Å². The molecule has 0 radical (unpaired) electrons. The topological polar surface area (TPSA) is 84.9 Å². The minimum absolute atomic E-state index is 0.0975. The van der Waals surface area contributed by atoms with Gasteiger partial charge in [-0.15, -0.1) is 0 Å². The number of fused-ring (bicyclic) bond motifs is 1. The van der Waals surface area contributed by atoms with E-state index < -0.39 is 22.0 Å². The monoisotopic (exact) mass is 480 g/mol. The Bertz CT molecular complexity index is 1110. The van der Waals surface area contributed by atoms with E-state index in [0.29, 0.717) is 22.2 Å². The molecule has 1 amide bonds. The lowest BCUT2D eigenvalue weighted by molar-refractivity contribution is -0.127. The number of amides is 1. The molecule has 174 valence electrons. The Balaban J connectivity index is 1.67. The van der Waals surface area contributed by atoms with Gasteiger partial charge in [0.2, 0.25) is 10.0 Å². The van der Waals surface area contributed by atoms with Gasteiger partial charge >= 0.3 is 0 Å². The highest BCUT2D eigenvalue weighted by Crippen LogP contribution is 2.38. The molecule has 2 aromatic carbocycles. The van der Waals surface area contributed by atoms with Crippen molar-refractivity contribution in [2.75, 3.05) is 30.3 Å². The SMILES string of the molecule is Cc1ccc(OCCNC(=O)[C@H]2CN(S(C)(=O)=O)c3cc(C(C)(C)C)ccc3O2)cc1Cl. The average molecular weight is 481 g/mol. The van der Waals surface area contributed by atoms with Crippen LogP contribution in [0.2, 0.25) is 5.02 Å². The van der Waals surface area contributed by atoms with E-state index in [1.54, 1.807) is 18.2 Å². The number of benzene rings is 2. The summed E-state index contributed by atoms with van der Waals surface area (Å²) >= 11 is 6.08. The first kappa shape index (κ1) is 24.2. The number of nitrogens with zero attached hydrogens (tertiary/aromatic N) is 1. The number of halogens is 1. The minimum atomic E-state index is -3.60. The normalized spacial score (nSPS) is 16.2. The summed E-state index contributed by atoms with van der Waals surface area (Å²) in [6.07, 6.45) is 0.160. The Kier molecular flexibility index (Phi) is 6.95. The largest absolute Gasteiger partial charge is 0.492 e. The van der Waals surface area contributed by atoms with Crippen molar-refractivity contribution in [3.63, 3.8) is 0 Å². The van der Waals surface area contributed by atoms with E-state index >= 15 is 0 Å². The van der Waals surface area contributed by atoms with Gasteiger partial charge in [-0.25, -0.2) is 8.42 Å². The second-order valence-corrected chi connectivity index (χ2v) is 11.2. The molecule has 0 fully saturated rings. The molecular weight excluding hydrogens is 452 g/mol. The Morgan fingerprint density at radius 2 is 1.97 bits per heavy atom. The average Bonchev–Trinajstić information content (AvgIpc) is 2.70. The van der Waals surface area contributed by atoms with E-state index in [4.69, 9.17) is 21.1 Å². The van der Waals surface area contributed by atoms with E-state index in [2.05, 4.69) is 5.32 Å². The number of hydrogen-bond donors (Lipinski definition) is 1. The fourth-order valence-corrected chi connectivity index (χ4v) is 4.37. The third kappa shape index (κ3) is 5.66. The van der Waals surface area contributed by atoms with Gasteiger partial charge < -0.3 is 14.8 Å². The van der Waals surface area contributed by atoms with Crippen molar-refractivity contribution >= 4 is 33.2 Å². The maximum absolute atomic E-state index is 12.7. The van der Waals surface area contributed by atoms with E-state index in [1.807, 2.05) is 45.9 Å². The molecule has 1 atom stereocenters. The van der Waals surface area contributed by atoms with Gasteiger partial charge in [0, 0.05) is 5.02 Å². The summed E-state index contributed by atoms with van der Waals surface area (Å²) in [4.78, 5) is 12.7. The van der Waals surface area contributed by atoms with Crippen LogP contribution in [0.3, 0.4) is 0 Å². The molecule has 0 saturated carbocycles. The molecule has 0 bridgehead atoms. The Labute approximate surface area is 194 Å². The van der Waals surface area contributed by atoms with Crippen molar-refractivity contribution in [3.8, 4) is 11.5 Å². The predicted molar refractivity (Wildman–Crippen MR) is 126 cm³/mol. The molecule has 2 aromatic rings. The molecule has 9 heteroatoms. The number of ether oxygens (including phenoxy) is 2. The summed E-state index contributed by atoms with van der Waals surface area (Å²) in [5.41, 5.74) is 2.22. The van der Waals surface area contributed by atoms with E-state index in [-0.39, 0.29) is 25.1 Å². The van der Waals surface area contributed by atoms with Crippen molar-refractivity contribution in [1.29, 1.82) is 0 Å². The van der Waals surface area contributed by atoms with Gasteiger partial charge in [-0.05, 0) is 47.7 Å². The van der Waals surface area contributed by atoms with Crippen LogP contribution in [0, 0.1) is 6.92 Å². The number of sulfonamides is 1. The van der Waals surface area contributed by atoms with Crippen LogP contribution in [0.25, 0.3) is 0 Å². The molecule has 32 heavy (non-hydrogen) atoms. The molecule has 1 N–H and O–H groups in total. The van der Waals surface area contributed by atoms with Crippen LogP contribution in [-0.2, 0) is 20.2 Å². The zero-order chi connectivity index (χ0) is 23.7. The molecule has 0 spiro atoms. The lowest BCUT2D eigenvalue weighted by Crippen LogP contribution is -2.51. The first-order valence-corrected chi connectivity index (χ1v) is 12.5. The number of rotatable bonds is 6. The number of hydrogen-bond acceptors (Lipinski definition) is 5. The first-order valence-electron chi connectivity index (χ1n) is 10.3. The van der Waals surface area contributed by atoms with Crippen LogP contribution in [0.5, 0.6) is 11.5 Å². The van der Waals surface area contributed by atoms with Gasteiger partial charge in [0.05, 0.1) is 25.0 Å². The molecule has 0 unspecified atom stereocenters. The summed E-state index contributed by atoms with van der Waals surface area (Å²) in [7, 11) is -3.60. The highest BCUT2D eigenvalue weighted by molar-refractivity contribution is 7.92. The van der Waals surface area contributed by atoms with Crippen LogP contribution in [0.1, 0.15) is 31.9 Å². The second-order valence-electron chi connectivity index (χ2n) is 8.88. The highest BCUT2D eigenvalue weighted by atomic mass is 35.5. The molecule has 0 aliphatic carbocycles. The summed E-state index contributed by atoms with van der Waals surface area (Å²) in [6, 6.07) is 10.8. The molecule has 1 aliphatic heterocycles. The number of carbonyl (C=O) groups excluding carboxylic acids is 1. The number of anilines is 1. The number of nitrogens with one attached hydrogen (secondary N) is 1. The van der Waals surface area contributed by atoms with Crippen molar-refractivity contribution in [3.05, 3.63) is 52.5 Å². The van der Waals surface area contributed by atoms with Crippen molar-refractivity contribution < 1.29 is 22.7 Å². The molecule has 0 saturated heterocycles. The van der Waals surface area contributed by atoms with Crippen LogP contribution in [0.15, 0.2) is 36.4 Å².